The minimum Gasteiger partial charge on any atom is -0.335 e. The summed E-state index contributed by atoms with van der Waals surface area (Å²) in [6.07, 6.45) is 0.916. The van der Waals surface area contributed by atoms with Gasteiger partial charge in [0, 0.05) is 38.4 Å². The number of aromatic nitrogens is 2. The first kappa shape index (κ1) is 18.7. The third-order valence-electron chi connectivity index (χ3n) is 5.41. The number of aromatic amines is 1. The van der Waals surface area contributed by atoms with E-state index >= 15 is 0 Å². The summed E-state index contributed by atoms with van der Waals surface area (Å²) < 4.78 is 0. The van der Waals surface area contributed by atoms with Crippen LogP contribution in [0.15, 0.2) is 48.5 Å². The molecule has 0 unspecified atom stereocenters. The van der Waals surface area contributed by atoms with E-state index in [-0.39, 0.29) is 5.91 Å². The third kappa shape index (κ3) is 4.09. The van der Waals surface area contributed by atoms with Gasteiger partial charge in [-0.2, -0.15) is 5.10 Å². The van der Waals surface area contributed by atoms with Crippen molar-refractivity contribution in [2.45, 2.75) is 26.8 Å². The number of hydrogen-bond acceptors (Lipinski definition) is 3. The molecular formula is C23H28N4O. The molecule has 2 aromatic carbocycles. The van der Waals surface area contributed by atoms with E-state index in [1.165, 1.54) is 16.3 Å². The quantitative estimate of drug-likeness (QED) is 0.738. The van der Waals surface area contributed by atoms with Gasteiger partial charge in [0.15, 0.2) is 0 Å². The molecule has 28 heavy (non-hydrogen) atoms. The summed E-state index contributed by atoms with van der Waals surface area (Å²) >= 11 is 0. The predicted molar refractivity (Wildman–Crippen MR) is 112 cm³/mol. The molecule has 1 aromatic heterocycles. The Kier molecular flexibility index (Phi) is 5.44. The lowest BCUT2D eigenvalue weighted by atomic mass is 10.0. The smallest absolute Gasteiger partial charge is 0.274 e. The van der Waals surface area contributed by atoms with E-state index in [0.717, 1.165) is 44.8 Å². The maximum atomic E-state index is 12.8. The van der Waals surface area contributed by atoms with Crippen molar-refractivity contribution < 1.29 is 4.79 Å². The van der Waals surface area contributed by atoms with Crippen LogP contribution in [-0.2, 0) is 13.0 Å². The van der Waals surface area contributed by atoms with E-state index < -0.39 is 0 Å². The van der Waals surface area contributed by atoms with Crippen LogP contribution >= 0.6 is 0 Å². The van der Waals surface area contributed by atoms with Crippen molar-refractivity contribution in [3.05, 3.63) is 65.5 Å². The SMILES string of the molecule is CC(C)Cc1cc(C(=O)N2CCN(Cc3cccc4ccccc34)CC2)n[nH]1. The number of amides is 1. The van der Waals surface area contributed by atoms with Crippen molar-refractivity contribution in [1.29, 1.82) is 0 Å². The van der Waals surface area contributed by atoms with Gasteiger partial charge in [-0.1, -0.05) is 56.3 Å². The Bertz CT molecular complexity index is 949. The molecule has 5 nitrogen and oxygen atoms in total. The van der Waals surface area contributed by atoms with Crippen molar-refractivity contribution in [2.24, 2.45) is 5.92 Å². The van der Waals surface area contributed by atoms with Crippen LogP contribution in [0.3, 0.4) is 0 Å². The van der Waals surface area contributed by atoms with Crippen LogP contribution < -0.4 is 0 Å². The number of piperazine rings is 1. The molecule has 0 spiro atoms. The van der Waals surface area contributed by atoms with Crippen LogP contribution in [0.4, 0.5) is 0 Å². The van der Waals surface area contributed by atoms with Gasteiger partial charge in [0.25, 0.3) is 5.91 Å². The van der Waals surface area contributed by atoms with E-state index in [1.807, 2.05) is 11.0 Å². The van der Waals surface area contributed by atoms with E-state index in [1.54, 1.807) is 0 Å². The van der Waals surface area contributed by atoms with Crippen molar-refractivity contribution >= 4 is 16.7 Å². The van der Waals surface area contributed by atoms with Gasteiger partial charge in [-0.3, -0.25) is 14.8 Å². The number of nitrogens with one attached hydrogen (secondary N) is 1. The molecule has 0 bridgehead atoms. The average Bonchev–Trinajstić information content (AvgIpc) is 3.16. The molecule has 0 saturated carbocycles. The fourth-order valence-corrected chi connectivity index (χ4v) is 3.96. The Morgan fingerprint density at radius 1 is 1.07 bits per heavy atom. The third-order valence-corrected chi connectivity index (χ3v) is 5.41. The number of carbonyl (C=O) groups excluding carboxylic acids is 1. The molecule has 0 aliphatic carbocycles. The van der Waals surface area contributed by atoms with Crippen LogP contribution in [0, 0.1) is 5.92 Å². The van der Waals surface area contributed by atoms with Crippen molar-refractivity contribution in [2.75, 3.05) is 26.2 Å². The van der Waals surface area contributed by atoms with Crippen LogP contribution in [0.5, 0.6) is 0 Å². The van der Waals surface area contributed by atoms with E-state index in [2.05, 4.69) is 71.4 Å². The largest absolute Gasteiger partial charge is 0.335 e. The summed E-state index contributed by atoms with van der Waals surface area (Å²) in [6.45, 7) is 8.52. The summed E-state index contributed by atoms with van der Waals surface area (Å²) in [5, 5.41) is 9.84. The molecule has 0 radical (unpaired) electrons. The molecule has 146 valence electrons. The second-order valence-electron chi connectivity index (χ2n) is 8.08. The van der Waals surface area contributed by atoms with Crippen LogP contribution in [0.1, 0.15) is 35.6 Å². The summed E-state index contributed by atoms with van der Waals surface area (Å²) in [7, 11) is 0. The first-order valence-electron chi connectivity index (χ1n) is 10.1. The summed E-state index contributed by atoms with van der Waals surface area (Å²) in [5.74, 6) is 0.581. The van der Waals surface area contributed by atoms with E-state index in [4.69, 9.17) is 0 Å². The molecule has 1 aliphatic rings. The Hall–Kier alpha value is -2.66. The maximum absolute atomic E-state index is 12.8. The van der Waals surface area contributed by atoms with Gasteiger partial charge in [-0.25, -0.2) is 0 Å². The monoisotopic (exact) mass is 376 g/mol. The van der Waals surface area contributed by atoms with E-state index in [0.29, 0.717) is 11.6 Å². The fraction of sp³-hybridized carbons (Fsp3) is 0.391. The van der Waals surface area contributed by atoms with Crippen LogP contribution in [0.2, 0.25) is 0 Å². The lowest BCUT2D eigenvalue weighted by molar-refractivity contribution is 0.0623. The second kappa shape index (κ2) is 8.15. The number of fused-ring (bicyclic) bond motifs is 1. The van der Waals surface area contributed by atoms with Crippen LogP contribution in [0.25, 0.3) is 10.8 Å². The highest BCUT2D eigenvalue weighted by Crippen LogP contribution is 2.21. The zero-order valence-electron chi connectivity index (χ0n) is 16.7. The minimum absolute atomic E-state index is 0.0380. The molecule has 3 aromatic rings. The molecule has 1 saturated heterocycles. The summed E-state index contributed by atoms with van der Waals surface area (Å²) in [5.41, 5.74) is 2.93. The van der Waals surface area contributed by atoms with E-state index in [9.17, 15) is 4.79 Å². The summed E-state index contributed by atoms with van der Waals surface area (Å²) in [4.78, 5) is 17.1. The first-order chi connectivity index (χ1) is 13.6. The van der Waals surface area contributed by atoms with Gasteiger partial charge < -0.3 is 4.90 Å². The molecule has 5 heteroatoms. The average molecular weight is 377 g/mol. The second-order valence-corrected chi connectivity index (χ2v) is 8.08. The Morgan fingerprint density at radius 3 is 2.61 bits per heavy atom. The standard InChI is InChI=1S/C23H28N4O/c1-17(2)14-20-15-22(25-24-20)23(28)27-12-10-26(11-13-27)16-19-8-5-7-18-6-3-4-9-21(18)19/h3-9,15,17H,10-14,16H2,1-2H3,(H,24,25). The fourth-order valence-electron chi connectivity index (χ4n) is 3.96. The van der Waals surface area contributed by atoms with Gasteiger partial charge in [-0.05, 0) is 34.7 Å². The minimum atomic E-state index is 0.0380. The molecule has 4 rings (SSSR count). The molecule has 1 amide bonds. The van der Waals surface area contributed by atoms with Gasteiger partial charge >= 0.3 is 0 Å². The number of benzene rings is 2. The van der Waals surface area contributed by atoms with Gasteiger partial charge in [0.1, 0.15) is 5.69 Å². The Morgan fingerprint density at radius 2 is 1.82 bits per heavy atom. The highest BCUT2D eigenvalue weighted by atomic mass is 16.2. The maximum Gasteiger partial charge on any atom is 0.274 e. The number of H-pyrrole nitrogens is 1. The lowest BCUT2D eigenvalue weighted by Crippen LogP contribution is -2.48. The Balaban J connectivity index is 1.36. The van der Waals surface area contributed by atoms with Crippen molar-refractivity contribution in [1.82, 2.24) is 20.0 Å². The number of carbonyl (C=O) groups is 1. The van der Waals surface area contributed by atoms with Gasteiger partial charge in [-0.15, -0.1) is 0 Å². The number of nitrogens with zero attached hydrogens (tertiary/aromatic N) is 3. The van der Waals surface area contributed by atoms with Crippen molar-refractivity contribution in [3.63, 3.8) is 0 Å². The molecule has 1 fully saturated rings. The zero-order valence-corrected chi connectivity index (χ0v) is 16.7. The number of hydrogen-bond donors (Lipinski definition) is 1. The van der Waals surface area contributed by atoms with Gasteiger partial charge in [0.2, 0.25) is 0 Å². The summed E-state index contributed by atoms with van der Waals surface area (Å²) in [6, 6.07) is 16.9. The lowest BCUT2D eigenvalue weighted by Gasteiger charge is -2.34. The zero-order chi connectivity index (χ0) is 19.5. The molecule has 2 heterocycles. The highest BCUT2D eigenvalue weighted by Gasteiger charge is 2.24. The Labute approximate surface area is 166 Å². The molecule has 1 aliphatic heterocycles. The normalized spacial score (nSPS) is 15.5. The molecule has 0 atom stereocenters. The predicted octanol–water partition coefficient (Wildman–Crippen LogP) is 3.72. The van der Waals surface area contributed by atoms with Crippen LogP contribution in [-0.4, -0.2) is 52.1 Å². The highest BCUT2D eigenvalue weighted by molar-refractivity contribution is 5.92. The van der Waals surface area contributed by atoms with Crippen molar-refractivity contribution in [3.8, 4) is 0 Å². The first-order valence-corrected chi connectivity index (χ1v) is 10.1. The molecule has 1 N–H and O–H groups in total. The number of rotatable bonds is 5. The topological polar surface area (TPSA) is 52.2 Å². The molecular weight excluding hydrogens is 348 g/mol. The van der Waals surface area contributed by atoms with Gasteiger partial charge in [0.05, 0.1) is 0 Å².